The third-order valence-electron chi connectivity index (χ3n) is 4.29. The quantitative estimate of drug-likeness (QED) is 0.751. The van der Waals surface area contributed by atoms with Crippen LogP contribution in [-0.4, -0.2) is 37.7 Å². The number of ether oxygens (including phenoxy) is 2. The third kappa shape index (κ3) is 5.23. The maximum absolute atomic E-state index is 6.17. The predicted octanol–water partition coefficient (Wildman–Crippen LogP) is 4.18. The molecule has 3 rings (SSSR count). The summed E-state index contributed by atoms with van der Waals surface area (Å²) >= 11 is 6.17. The summed E-state index contributed by atoms with van der Waals surface area (Å²) < 4.78 is 11.3. The standard InChI is InChI=1S/C20H24ClNO2/c21-20-9-2-1-7-18(20)16-24-19-8-3-5-17(15-19)6-4-10-22-11-13-23-14-12-22/h1-3,5,7-9,15H,4,6,10-14,16H2. The molecule has 128 valence electrons. The number of hydrogen-bond donors (Lipinski definition) is 0. The van der Waals surface area contributed by atoms with Gasteiger partial charge in [-0.3, -0.25) is 4.90 Å². The van der Waals surface area contributed by atoms with Crippen molar-refractivity contribution in [2.24, 2.45) is 0 Å². The molecule has 1 aliphatic rings. The van der Waals surface area contributed by atoms with Gasteiger partial charge in [-0.2, -0.15) is 0 Å². The van der Waals surface area contributed by atoms with Gasteiger partial charge in [0.2, 0.25) is 0 Å². The van der Waals surface area contributed by atoms with Crippen molar-refractivity contribution in [3.63, 3.8) is 0 Å². The third-order valence-corrected chi connectivity index (χ3v) is 4.66. The first-order valence-electron chi connectivity index (χ1n) is 8.56. The van der Waals surface area contributed by atoms with Crippen LogP contribution >= 0.6 is 11.6 Å². The maximum atomic E-state index is 6.17. The summed E-state index contributed by atoms with van der Waals surface area (Å²) in [6.45, 7) is 5.48. The lowest BCUT2D eigenvalue weighted by Crippen LogP contribution is -2.36. The summed E-state index contributed by atoms with van der Waals surface area (Å²) in [4.78, 5) is 2.47. The highest BCUT2D eigenvalue weighted by Gasteiger charge is 2.09. The minimum atomic E-state index is 0.497. The van der Waals surface area contributed by atoms with Crippen molar-refractivity contribution < 1.29 is 9.47 Å². The normalized spacial score (nSPS) is 15.4. The Balaban J connectivity index is 1.47. The molecule has 1 saturated heterocycles. The summed E-state index contributed by atoms with van der Waals surface area (Å²) in [6.07, 6.45) is 2.23. The fourth-order valence-electron chi connectivity index (χ4n) is 2.90. The molecule has 1 heterocycles. The Bertz CT molecular complexity index is 641. The maximum Gasteiger partial charge on any atom is 0.120 e. The zero-order chi connectivity index (χ0) is 16.6. The van der Waals surface area contributed by atoms with Gasteiger partial charge >= 0.3 is 0 Å². The number of halogens is 1. The molecule has 0 N–H and O–H groups in total. The monoisotopic (exact) mass is 345 g/mol. The molecule has 0 radical (unpaired) electrons. The molecule has 24 heavy (non-hydrogen) atoms. The molecule has 4 heteroatoms. The molecular weight excluding hydrogens is 322 g/mol. The average molecular weight is 346 g/mol. The van der Waals surface area contributed by atoms with Crippen LogP contribution in [0.1, 0.15) is 17.5 Å². The largest absolute Gasteiger partial charge is 0.489 e. The van der Waals surface area contributed by atoms with Crippen LogP contribution in [0.5, 0.6) is 5.75 Å². The molecule has 1 fully saturated rings. The SMILES string of the molecule is Clc1ccccc1COc1cccc(CCCN2CCOCC2)c1. The minimum absolute atomic E-state index is 0.497. The van der Waals surface area contributed by atoms with Gasteiger partial charge in [-0.25, -0.2) is 0 Å². The molecule has 0 amide bonds. The Hall–Kier alpha value is -1.55. The van der Waals surface area contributed by atoms with Gasteiger partial charge in [0, 0.05) is 23.7 Å². The second kappa shape index (κ2) is 9.07. The van der Waals surface area contributed by atoms with E-state index >= 15 is 0 Å². The van der Waals surface area contributed by atoms with E-state index in [0.29, 0.717) is 6.61 Å². The Morgan fingerprint density at radius 2 is 1.88 bits per heavy atom. The van der Waals surface area contributed by atoms with E-state index in [1.165, 1.54) is 5.56 Å². The second-order valence-corrected chi connectivity index (χ2v) is 6.49. The highest BCUT2D eigenvalue weighted by atomic mass is 35.5. The molecule has 0 atom stereocenters. The van der Waals surface area contributed by atoms with Gasteiger partial charge in [-0.15, -0.1) is 0 Å². The van der Waals surface area contributed by atoms with Crippen LogP contribution in [0, 0.1) is 0 Å². The first kappa shape index (κ1) is 17.3. The van der Waals surface area contributed by atoms with E-state index in [4.69, 9.17) is 21.1 Å². The zero-order valence-corrected chi connectivity index (χ0v) is 14.7. The summed E-state index contributed by atoms with van der Waals surface area (Å²) in [5.41, 5.74) is 2.33. The molecule has 3 nitrogen and oxygen atoms in total. The molecule has 0 aromatic heterocycles. The van der Waals surface area contributed by atoms with Crippen LogP contribution in [0.3, 0.4) is 0 Å². The smallest absolute Gasteiger partial charge is 0.120 e. The van der Waals surface area contributed by atoms with Crippen LogP contribution in [0.4, 0.5) is 0 Å². The Kier molecular flexibility index (Phi) is 6.53. The van der Waals surface area contributed by atoms with Crippen molar-refractivity contribution in [1.29, 1.82) is 0 Å². The lowest BCUT2D eigenvalue weighted by molar-refractivity contribution is 0.0374. The zero-order valence-electron chi connectivity index (χ0n) is 13.9. The molecule has 1 aliphatic heterocycles. The van der Waals surface area contributed by atoms with E-state index in [9.17, 15) is 0 Å². The molecule has 0 unspecified atom stereocenters. The summed E-state index contributed by atoms with van der Waals surface area (Å²) in [5, 5.41) is 0.749. The molecule has 0 spiro atoms. The fourth-order valence-corrected chi connectivity index (χ4v) is 3.09. The second-order valence-electron chi connectivity index (χ2n) is 6.09. The van der Waals surface area contributed by atoms with E-state index in [2.05, 4.69) is 23.1 Å². The fraction of sp³-hybridized carbons (Fsp3) is 0.400. The van der Waals surface area contributed by atoms with Crippen LogP contribution in [0.25, 0.3) is 0 Å². The molecule has 2 aromatic rings. The van der Waals surface area contributed by atoms with Crippen molar-refractivity contribution >= 4 is 11.6 Å². The van der Waals surface area contributed by atoms with Crippen LogP contribution in [0.15, 0.2) is 48.5 Å². The van der Waals surface area contributed by atoms with E-state index < -0.39 is 0 Å². The molecule has 0 saturated carbocycles. The predicted molar refractivity (Wildman–Crippen MR) is 97.8 cm³/mol. The molecule has 0 aliphatic carbocycles. The van der Waals surface area contributed by atoms with Gasteiger partial charge in [0.05, 0.1) is 13.2 Å². The lowest BCUT2D eigenvalue weighted by Gasteiger charge is -2.26. The van der Waals surface area contributed by atoms with E-state index in [-0.39, 0.29) is 0 Å². The van der Waals surface area contributed by atoms with Crippen molar-refractivity contribution in [2.75, 3.05) is 32.8 Å². The molecular formula is C20H24ClNO2. The number of morpholine rings is 1. The van der Waals surface area contributed by atoms with Gasteiger partial charge in [-0.1, -0.05) is 41.9 Å². The van der Waals surface area contributed by atoms with Gasteiger partial charge in [0.25, 0.3) is 0 Å². The summed E-state index contributed by atoms with van der Waals surface area (Å²) in [6, 6.07) is 16.2. The minimum Gasteiger partial charge on any atom is -0.489 e. The number of hydrogen-bond acceptors (Lipinski definition) is 3. The van der Waals surface area contributed by atoms with E-state index in [0.717, 1.165) is 62.0 Å². The van der Waals surface area contributed by atoms with Crippen LogP contribution < -0.4 is 4.74 Å². The Morgan fingerprint density at radius 3 is 2.71 bits per heavy atom. The van der Waals surface area contributed by atoms with E-state index in [1.54, 1.807) is 0 Å². The van der Waals surface area contributed by atoms with Gasteiger partial charge < -0.3 is 9.47 Å². The topological polar surface area (TPSA) is 21.7 Å². The van der Waals surface area contributed by atoms with Crippen molar-refractivity contribution in [2.45, 2.75) is 19.4 Å². The van der Waals surface area contributed by atoms with Crippen molar-refractivity contribution in [3.8, 4) is 5.75 Å². The first-order chi connectivity index (χ1) is 11.8. The van der Waals surface area contributed by atoms with Crippen molar-refractivity contribution in [1.82, 2.24) is 4.90 Å². The summed E-state index contributed by atoms with van der Waals surface area (Å²) in [7, 11) is 0. The average Bonchev–Trinajstić information content (AvgIpc) is 2.62. The number of nitrogens with zero attached hydrogens (tertiary/aromatic N) is 1. The Labute approximate surface area is 149 Å². The summed E-state index contributed by atoms with van der Waals surface area (Å²) in [5.74, 6) is 0.902. The van der Waals surface area contributed by atoms with Crippen LogP contribution in [-0.2, 0) is 17.8 Å². The highest BCUT2D eigenvalue weighted by Crippen LogP contribution is 2.20. The van der Waals surface area contributed by atoms with Gasteiger partial charge in [0.15, 0.2) is 0 Å². The lowest BCUT2D eigenvalue weighted by atomic mass is 10.1. The van der Waals surface area contributed by atoms with Crippen molar-refractivity contribution in [3.05, 3.63) is 64.7 Å². The molecule has 2 aromatic carbocycles. The number of rotatable bonds is 7. The van der Waals surface area contributed by atoms with Gasteiger partial charge in [-0.05, 0) is 43.1 Å². The van der Waals surface area contributed by atoms with Gasteiger partial charge in [0.1, 0.15) is 12.4 Å². The molecule has 0 bridgehead atoms. The highest BCUT2D eigenvalue weighted by molar-refractivity contribution is 6.31. The van der Waals surface area contributed by atoms with E-state index in [1.807, 2.05) is 30.3 Å². The number of aryl methyl sites for hydroxylation is 1. The number of benzene rings is 2. The van der Waals surface area contributed by atoms with Crippen LogP contribution in [0.2, 0.25) is 5.02 Å². The Morgan fingerprint density at radius 1 is 1.04 bits per heavy atom. The first-order valence-corrected chi connectivity index (χ1v) is 8.94.